The first-order valence-corrected chi connectivity index (χ1v) is 10.5. The van der Waals surface area contributed by atoms with Crippen molar-refractivity contribution >= 4 is 28.9 Å². The van der Waals surface area contributed by atoms with Crippen molar-refractivity contribution < 1.29 is 14.3 Å². The van der Waals surface area contributed by atoms with E-state index in [9.17, 15) is 4.79 Å². The molecule has 1 aromatic carbocycles. The van der Waals surface area contributed by atoms with Crippen molar-refractivity contribution in [2.75, 3.05) is 17.2 Å². The molecular weight excluding hydrogens is 422 g/mol. The van der Waals surface area contributed by atoms with E-state index in [4.69, 9.17) is 14.7 Å². The second kappa shape index (κ2) is 9.42. The molecule has 3 aromatic rings. The minimum Gasteiger partial charge on any atom is -0.458 e. The molecule has 0 radical (unpaired) electrons. The molecule has 0 aliphatic heterocycles. The van der Waals surface area contributed by atoms with E-state index in [0.717, 1.165) is 16.6 Å². The molecule has 0 aliphatic rings. The van der Waals surface area contributed by atoms with E-state index in [1.807, 2.05) is 65.9 Å². The summed E-state index contributed by atoms with van der Waals surface area (Å²) in [5.41, 5.74) is 2.10. The summed E-state index contributed by atoms with van der Waals surface area (Å²) in [7, 11) is 0. The van der Waals surface area contributed by atoms with Crippen molar-refractivity contribution in [3.63, 3.8) is 0 Å². The molecule has 2 heterocycles. The zero-order valence-electron chi connectivity index (χ0n) is 19.7. The number of anilines is 2. The van der Waals surface area contributed by atoms with Crippen molar-refractivity contribution in [2.24, 2.45) is 0 Å². The lowest BCUT2D eigenvalue weighted by Gasteiger charge is -2.27. The third kappa shape index (κ3) is 6.89. The molecule has 174 valence electrons. The fraction of sp³-hybridized carbons (Fsp3) is 0.435. The number of nitrogens with zero attached hydrogens (tertiary/aromatic N) is 4. The number of carbonyl (C=O) groups excluding carboxylic acids is 1. The third-order valence-corrected chi connectivity index (χ3v) is 4.32. The number of esters is 1. The number of hydrogen-bond acceptors (Lipinski definition) is 9. The minimum atomic E-state index is -0.763. The number of imidazole rings is 1. The Balaban J connectivity index is 1.77. The third-order valence-electron chi connectivity index (χ3n) is 4.32. The molecule has 0 unspecified atom stereocenters. The summed E-state index contributed by atoms with van der Waals surface area (Å²) in [5, 5.41) is 14.3. The van der Waals surface area contributed by atoms with Crippen molar-refractivity contribution in [2.45, 2.75) is 58.8 Å². The largest absolute Gasteiger partial charge is 0.458 e. The Hall–Kier alpha value is -3.71. The Labute approximate surface area is 192 Å². The molecule has 1 atom stereocenters. The summed E-state index contributed by atoms with van der Waals surface area (Å²) < 4.78 is 11.3. The standard InChI is InChI=1S/C23H29N7O3/c1-22(2,3)32-12-18(19(31)33-23(4,5)6)30-20-25-10-15(11-26-20)14-7-8-16-17(9-14)29-21(28-16)27-13-24/h7-11,18H,12H2,1-6H3,(H,25,26,30)(H2,27,28,29)/t18-/m0/s1. The molecular formula is C23H29N7O3. The molecule has 3 rings (SSSR count). The highest BCUT2D eigenvalue weighted by molar-refractivity contribution is 5.83. The van der Waals surface area contributed by atoms with Crippen LogP contribution in [0, 0.1) is 11.5 Å². The lowest BCUT2D eigenvalue weighted by Crippen LogP contribution is -2.41. The van der Waals surface area contributed by atoms with Crippen LogP contribution >= 0.6 is 0 Å². The van der Waals surface area contributed by atoms with E-state index in [1.165, 1.54) is 0 Å². The Kier molecular flexibility index (Phi) is 6.84. The molecule has 33 heavy (non-hydrogen) atoms. The zero-order valence-corrected chi connectivity index (χ0v) is 19.7. The molecule has 2 aromatic heterocycles. The number of fused-ring (bicyclic) bond motifs is 1. The maximum absolute atomic E-state index is 12.7. The van der Waals surface area contributed by atoms with Crippen LogP contribution in [0.2, 0.25) is 0 Å². The van der Waals surface area contributed by atoms with Gasteiger partial charge in [0.15, 0.2) is 12.2 Å². The summed E-state index contributed by atoms with van der Waals surface area (Å²) in [5.74, 6) is 0.227. The van der Waals surface area contributed by atoms with Crippen LogP contribution < -0.4 is 10.6 Å². The molecule has 10 nitrogen and oxygen atoms in total. The fourth-order valence-electron chi connectivity index (χ4n) is 2.88. The first kappa shape index (κ1) is 23.9. The number of rotatable bonds is 7. The number of nitrogens with one attached hydrogen (secondary N) is 3. The quantitative estimate of drug-likeness (QED) is 0.278. The number of nitriles is 1. The predicted octanol–water partition coefficient (Wildman–Crippen LogP) is 3.85. The van der Waals surface area contributed by atoms with Gasteiger partial charge < -0.3 is 19.8 Å². The van der Waals surface area contributed by atoms with Crippen molar-refractivity contribution in [3.8, 4) is 17.3 Å². The number of aromatic amines is 1. The van der Waals surface area contributed by atoms with Crippen LogP contribution in [0.15, 0.2) is 30.6 Å². The van der Waals surface area contributed by atoms with Gasteiger partial charge in [0.05, 0.1) is 23.2 Å². The number of hydrogen-bond donors (Lipinski definition) is 3. The van der Waals surface area contributed by atoms with Gasteiger partial charge >= 0.3 is 5.97 Å². The first-order valence-electron chi connectivity index (χ1n) is 10.5. The minimum absolute atomic E-state index is 0.110. The van der Waals surface area contributed by atoms with E-state index in [2.05, 4.69) is 30.6 Å². The average molecular weight is 452 g/mol. The first-order chi connectivity index (χ1) is 15.4. The van der Waals surface area contributed by atoms with Gasteiger partial charge in [-0.2, -0.15) is 5.26 Å². The summed E-state index contributed by atoms with van der Waals surface area (Å²) in [6.07, 6.45) is 5.16. The maximum atomic E-state index is 12.7. The summed E-state index contributed by atoms with van der Waals surface area (Å²) in [6.45, 7) is 11.3. The average Bonchev–Trinajstić information content (AvgIpc) is 3.11. The summed E-state index contributed by atoms with van der Waals surface area (Å²) in [4.78, 5) is 28.8. The Morgan fingerprint density at radius 2 is 1.82 bits per heavy atom. The van der Waals surface area contributed by atoms with Crippen LogP contribution in [-0.2, 0) is 14.3 Å². The van der Waals surface area contributed by atoms with E-state index >= 15 is 0 Å². The van der Waals surface area contributed by atoms with Gasteiger partial charge in [0.2, 0.25) is 11.9 Å². The second-order valence-electron chi connectivity index (χ2n) is 9.50. The number of carbonyl (C=O) groups is 1. The number of H-pyrrole nitrogens is 1. The van der Waals surface area contributed by atoms with Gasteiger partial charge in [-0.25, -0.2) is 19.7 Å². The molecule has 0 spiro atoms. The van der Waals surface area contributed by atoms with Crippen LogP contribution in [0.1, 0.15) is 41.5 Å². The van der Waals surface area contributed by atoms with E-state index in [0.29, 0.717) is 11.5 Å². The van der Waals surface area contributed by atoms with E-state index in [-0.39, 0.29) is 12.6 Å². The van der Waals surface area contributed by atoms with Crippen molar-refractivity contribution in [1.82, 2.24) is 19.9 Å². The van der Waals surface area contributed by atoms with Gasteiger partial charge in [0.1, 0.15) is 5.60 Å². The summed E-state index contributed by atoms with van der Waals surface area (Å²) >= 11 is 0. The fourth-order valence-corrected chi connectivity index (χ4v) is 2.88. The van der Waals surface area contributed by atoms with Gasteiger partial charge in [-0.3, -0.25) is 5.32 Å². The van der Waals surface area contributed by atoms with E-state index < -0.39 is 23.2 Å². The number of aromatic nitrogens is 4. The SMILES string of the molecule is CC(C)(C)OC[C@H](Nc1ncc(-c2ccc3[nH]c(NC#N)nc3c2)cn1)C(=O)OC(C)(C)C. The van der Waals surface area contributed by atoms with Gasteiger partial charge in [-0.1, -0.05) is 6.07 Å². The summed E-state index contributed by atoms with van der Waals surface area (Å²) in [6, 6.07) is 4.89. The molecule has 3 N–H and O–H groups in total. The topological polar surface area (TPSA) is 138 Å². The highest BCUT2D eigenvalue weighted by Gasteiger charge is 2.28. The molecule has 10 heteroatoms. The van der Waals surface area contributed by atoms with Crippen LogP contribution in [-0.4, -0.2) is 49.8 Å². The van der Waals surface area contributed by atoms with Crippen molar-refractivity contribution in [1.29, 1.82) is 5.26 Å². The lowest BCUT2D eigenvalue weighted by atomic mass is 10.1. The molecule has 0 amide bonds. The number of benzene rings is 1. The molecule has 0 fully saturated rings. The zero-order chi connectivity index (χ0) is 24.2. The molecule has 0 saturated heterocycles. The molecule has 0 aliphatic carbocycles. The van der Waals surface area contributed by atoms with Crippen LogP contribution in [0.4, 0.5) is 11.9 Å². The predicted molar refractivity (Wildman–Crippen MR) is 125 cm³/mol. The highest BCUT2D eigenvalue weighted by Crippen LogP contribution is 2.24. The Morgan fingerprint density at radius 1 is 1.12 bits per heavy atom. The second-order valence-corrected chi connectivity index (χ2v) is 9.50. The van der Waals surface area contributed by atoms with Gasteiger partial charge in [0.25, 0.3) is 0 Å². The number of ether oxygens (including phenoxy) is 2. The van der Waals surface area contributed by atoms with Crippen molar-refractivity contribution in [3.05, 3.63) is 30.6 Å². The monoisotopic (exact) mass is 451 g/mol. The molecule has 0 saturated carbocycles. The maximum Gasteiger partial charge on any atom is 0.331 e. The van der Waals surface area contributed by atoms with Crippen LogP contribution in [0.5, 0.6) is 0 Å². The Morgan fingerprint density at radius 3 is 2.42 bits per heavy atom. The highest BCUT2D eigenvalue weighted by atomic mass is 16.6. The van der Waals surface area contributed by atoms with Gasteiger partial charge in [0, 0.05) is 18.0 Å². The van der Waals surface area contributed by atoms with Gasteiger partial charge in [-0.15, -0.1) is 0 Å². The smallest absolute Gasteiger partial charge is 0.331 e. The van der Waals surface area contributed by atoms with Gasteiger partial charge in [-0.05, 0) is 59.2 Å². The van der Waals surface area contributed by atoms with E-state index in [1.54, 1.807) is 12.4 Å². The lowest BCUT2D eigenvalue weighted by molar-refractivity contribution is -0.158. The normalized spacial score (nSPS) is 12.8. The Bertz CT molecular complexity index is 1150. The van der Waals surface area contributed by atoms with Crippen LogP contribution in [0.3, 0.4) is 0 Å². The molecule has 0 bridgehead atoms. The van der Waals surface area contributed by atoms with Crippen LogP contribution in [0.25, 0.3) is 22.2 Å².